The summed E-state index contributed by atoms with van der Waals surface area (Å²) in [6.45, 7) is 6.58. The highest BCUT2D eigenvalue weighted by Gasteiger charge is 2.65. The van der Waals surface area contributed by atoms with E-state index in [-0.39, 0.29) is 23.8 Å². The predicted molar refractivity (Wildman–Crippen MR) is 118 cm³/mol. The Morgan fingerprint density at radius 1 is 1.20 bits per heavy atom. The van der Waals surface area contributed by atoms with Gasteiger partial charge < -0.3 is 10.4 Å². The van der Waals surface area contributed by atoms with Crippen LogP contribution in [0.15, 0.2) is 42.5 Å². The number of halogens is 2. The third-order valence-electron chi connectivity index (χ3n) is 6.12. The van der Waals surface area contributed by atoms with E-state index in [4.69, 9.17) is 23.2 Å². The summed E-state index contributed by atoms with van der Waals surface area (Å²) in [6.07, 6.45) is -0.366. The van der Waals surface area contributed by atoms with Crippen molar-refractivity contribution < 1.29 is 14.7 Å². The Balaban J connectivity index is 2.00. The number of carbonyl (C=O) groups excluding carboxylic acids is 1. The summed E-state index contributed by atoms with van der Waals surface area (Å²) in [6, 6.07) is 11.8. The van der Waals surface area contributed by atoms with E-state index in [1.54, 1.807) is 30.3 Å². The second-order valence-corrected chi connectivity index (χ2v) is 10.2. The molecule has 5 nitrogen and oxygen atoms in total. The number of hydrogen-bond acceptors (Lipinski definition) is 2. The maximum Gasteiger partial charge on any atom is 0.407 e. The Morgan fingerprint density at radius 3 is 2.53 bits per heavy atom. The number of carboxylic acid groups (broad SMARTS) is 1. The SMILES string of the molecule is CC(C)(C)C[C@@H]1CN(C(=O)O)[C@H](c2cccc(Cl)c2)C12C(=O)Nc1cc(Cl)ccc12. The molecule has 2 aliphatic rings. The average molecular weight is 447 g/mol. The highest BCUT2D eigenvalue weighted by atomic mass is 35.5. The molecule has 2 aliphatic heterocycles. The van der Waals surface area contributed by atoms with Crippen molar-refractivity contribution in [2.24, 2.45) is 11.3 Å². The van der Waals surface area contributed by atoms with E-state index >= 15 is 0 Å². The molecule has 2 aromatic carbocycles. The first-order chi connectivity index (χ1) is 14.0. The second-order valence-electron chi connectivity index (χ2n) is 9.37. The van der Waals surface area contributed by atoms with Crippen LogP contribution in [-0.2, 0) is 10.2 Å². The monoisotopic (exact) mass is 446 g/mol. The van der Waals surface area contributed by atoms with Crippen molar-refractivity contribution in [2.45, 2.75) is 38.6 Å². The lowest BCUT2D eigenvalue weighted by molar-refractivity contribution is -0.123. The normalized spacial score (nSPS) is 25.5. The minimum Gasteiger partial charge on any atom is -0.465 e. The van der Waals surface area contributed by atoms with Gasteiger partial charge in [0.1, 0.15) is 5.41 Å². The van der Waals surface area contributed by atoms with Crippen molar-refractivity contribution in [2.75, 3.05) is 11.9 Å². The molecule has 1 spiro atoms. The van der Waals surface area contributed by atoms with Crippen molar-refractivity contribution in [1.29, 1.82) is 0 Å². The van der Waals surface area contributed by atoms with Crippen LogP contribution in [0.25, 0.3) is 0 Å². The molecule has 2 amide bonds. The van der Waals surface area contributed by atoms with Crippen LogP contribution < -0.4 is 5.32 Å². The molecular formula is C23H24Cl2N2O3. The molecule has 1 fully saturated rings. The number of nitrogens with zero attached hydrogens (tertiary/aromatic N) is 1. The predicted octanol–water partition coefficient (Wildman–Crippen LogP) is 5.97. The molecule has 30 heavy (non-hydrogen) atoms. The largest absolute Gasteiger partial charge is 0.465 e. The van der Waals surface area contributed by atoms with E-state index in [2.05, 4.69) is 26.1 Å². The van der Waals surface area contributed by atoms with Crippen LogP contribution in [0.4, 0.5) is 10.5 Å². The lowest BCUT2D eigenvalue weighted by atomic mass is 9.63. The molecule has 0 aliphatic carbocycles. The first-order valence-electron chi connectivity index (χ1n) is 9.90. The standard InChI is InChI=1S/C23H24Cl2N2O3/c1-22(2,3)11-14-12-27(21(29)30)19(13-5-4-6-15(24)9-13)23(14)17-8-7-16(25)10-18(17)26-20(23)28/h4-10,14,19H,11-12H2,1-3H3,(H,26,28)(H,29,30)/t14-,19-,23?/m1/s1. The summed E-state index contributed by atoms with van der Waals surface area (Å²) < 4.78 is 0. The van der Waals surface area contributed by atoms with Crippen molar-refractivity contribution in [3.05, 3.63) is 63.6 Å². The van der Waals surface area contributed by atoms with E-state index in [1.807, 2.05) is 12.1 Å². The summed E-state index contributed by atoms with van der Waals surface area (Å²) >= 11 is 12.5. The number of benzene rings is 2. The topological polar surface area (TPSA) is 69.6 Å². The third kappa shape index (κ3) is 3.25. The molecule has 0 bridgehead atoms. The fourth-order valence-corrected chi connectivity index (χ4v) is 5.60. The smallest absolute Gasteiger partial charge is 0.407 e. The Hall–Kier alpha value is -2.24. The zero-order valence-corrected chi connectivity index (χ0v) is 18.6. The number of amides is 2. The summed E-state index contributed by atoms with van der Waals surface area (Å²) in [4.78, 5) is 27.4. The van der Waals surface area contributed by atoms with Gasteiger partial charge >= 0.3 is 6.09 Å². The van der Waals surface area contributed by atoms with Crippen LogP contribution in [0.2, 0.25) is 10.0 Å². The number of hydrogen-bond donors (Lipinski definition) is 2. The number of anilines is 1. The Morgan fingerprint density at radius 2 is 1.90 bits per heavy atom. The van der Waals surface area contributed by atoms with Gasteiger partial charge in [0.2, 0.25) is 5.91 Å². The molecule has 4 rings (SSSR count). The minimum absolute atomic E-state index is 0.0967. The van der Waals surface area contributed by atoms with Gasteiger partial charge in [0.05, 0.1) is 6.04 Å². The molecule has 3 atom stereocenters. The first kappa shape index (κ1) is 21.0. The number of fused-ring (bicyclic) bond motifs is 2. The van der Waals surface area contributed by atoms with Gasteiger partial charge in [-0.25, -0.2) is 4.79 Å². The average Bonchev–Trinajstić information content (AvgIpc) is 3.10. The molecule has 0 radical (unpaired) electrons. The van der Waals surface area contributed by atoms with Crippen molar-refractivity contribution in [3.63, 3.8) is 0 Å². The van der Waals surface area contributed by atoms with Crippen LogP contribution in [0.1, 0.15) is 44.4 Å². The molecule has 0 saturated carbocycles. The summed E-state index contributed by atoms with van der Waals surface area (Å²) in [5, 5.41) is 14.1. The highest BCUT2D eigenvalue weighted by Crippen LogP contribution is 2.59. The van der Waals surface area contributed by atoms with Gasteiger partial charge in [0.25, 0.3) is 0 Å². The van der Waals surface area contributed by atoms with E-state index in [9.17, 15) is 14.7 Å². The van der Waals surface area contributed by atoms with Crippen LogP contribution in [0.5, 0.6) is 0 Å². The van der Waals surface area contributed by atoms with E-state index < -0.39 is 17.6 Å². The lowest BCUT2D eigenvalue weighted by Gasteiger charge is -2.37. The molecular weight excluding hydrogens is 423 g/mol. The van der Waals surface area contributed by atoms with Crippen LogP contribution in [0.3, 0.4) is 0 Å². The molecule has 1 unspecified atom stereocenters. The molecule has 1 saturated heterocycles. The van der Waals surface area contributed by atoms with Crippen molar-refractivity contribution in [3.8, 4) is 0 Å². The van der Waals surface area contributed by atoms with Crippen LogP contribution in [0, 0.1) is 11.3 Å². The maximum absolute atomic E-state index is 13.7. The highest BCUT2D eigenvalue weighted by molar-refractivity contribution is 6.31. The zero-order chi connectivity index (χ0) is 21.8. The van der Waals surface area contributed by atoms with Gasteiger partial charge in [-0.15, -0.1) is 0 Å². The number of rotatable bonds is 2. The minimum atomic E-state index is -1.06. The van der Waals surface area contributed by atoms with Gasteiger partial charge in [0, 0.05) is 22.3 Å². The second kappa shape index (κ2) is 7.17. The van der Waals surface area contributed by atoms with Gasteiger partial charge in [-0.3, -0.25) is 9.69 Å². The van der Waals surface area contributed by atoms with E-state index in [0.717, 1.165) is 5.56 Å². The molecule has 2 heterocycles. The molecule has 7 heteroatoms. The quantitative estimate of drug-likeness (QED) is 0.596. The number of nitrogens with one attached hydrogen (secondary N) is 1. The van der Waals surface area contributed by atoms with Gasteiger partial charge in [-0.05, 0) is 53.1 Å². The summed E-state index contributed by atoms with van der Waals surface area (Å²) in [5.74, 6) is -0.400. The first-order valence-corrected chi connectivity index (χ1v) is 10.7. The third-order valence-corrected chi connectivity index (χ3v) is 6.59. The summed E-state index contributed by atoms with van der Waals surface area (Å²) in [5.41, 5.74) is 0.987. The Kier molecular flexibility index (Phi) is 5.02. The Bertz CT molecular complexity index is 1030. The summed E-state index contributed by atoms with van der Waals surface area (Å²) in [7, 11) is 0. The number of carbonyl (C=O) groups is 2. The molecule has 2 aromatic rings. The van der Waals surface area contributed by atoms with Crippen LogP contribution in [-0.4, -0.2) is 28.6 Å². The zero-order valence-electron chi connectivity index (χ0n) is 17.1. The van der Waals surface area contributed by atoms with Crippen molar-refractivity contribution >= 4 is 40.9 Å². The Labute approximate surface area is 186 Å². The van der Waals surface area contributed by atoms with Gasteiger partial charge in [0.15, 0.2) is 0 Å². The maximum atomic E-state index is 13.7. The van der Waals surface area contributed by atoms with Gasteiger partial charge in [-0.1, -0.05) is 62.2 Å². The molecule has 2 N–H and O–H groups in total. The fourth-order valence-electron chi connectivity index (χ4n) is 5.23. The van der Waals surface area contributed by atoms with E-state index in [0.29, 0.717) is 27.7 Å². The fraction of sp³-hybridized carbons (Fsp3) is 0.391. The molecule has 158 valence electrons. The van der Waals surface area contributed by atoms with Gasteiger partial charge in [-0.2, -0.15) is 0 Å². The number of likely N-dealkylation sites (tertiary alicyclic amines) is 1. The van der Waals surface area contributed by atoms with E-state index in [1.165, 1.54) is 4.90 Å². The molecule has 0 aromatic heterocycles. The van der Waals surface area contributed by atoms with Crippen LogP contribution >= 0.6 is 23.2 Å². The lowest BCUT2D eigenvalue weighted by Crippen LogP contribution is -2.46. The van der Waals surface area contributed by atoms with Crippen molar-refractivity contribution in [1.82, 2.24) is 4.90 Å².